The molecular weight excluding hydrogens is 272 g/mol. The van der Waals surface area contributed by atoms with E-state index in [0.717, 1.165) is 5.69 Å². The summed E-state index contributed by atoms with van der Waals surface area (Å²) in [5.41, 5.74) is 1.43. The topological polar surface area (TPSA) is 102 Å². The number of anilines is 1. The van der Waals surface area contributed by atoms with E-state index < -0.39 is 0 Å². The number of amides is 2. The minimum absolute atomic E-state index is 0.000250. The summed E-state index contributed by atoms with van der Waals surface area (Å²) in [5.74, 6) is -0.289. The average molecular weight is 286 g/mol. The van der Waals surface area contributed by atoms with Crippen LogP contribution in [-0.2, 0) is 9.59 Å². The molecular formula is C13H14N6O2. The minimum Gasteiger partial charge on any atom is -0.355 e. The molecule has 0 radical (unpaired) electrons. The van der Waals surface area contributed by atoms with Crippen molar-refractivity contribution in [3.8, 4) is 5.69 Å². The predicted octanol–water partition coefficient (Wildman–Crippen LogP) is 0.127. The zero-order chi connectivity index (χ0) is 14.7. The maximum atomic E-state index is 12.2. The van der Waals surface area contributed by atoms with Crippen molar-refractivity contribution in [1.82, 2.24) is 25.5 Å². The van der Waals surface area contributed by atoms with Crippen molar-refractivity contribution < 1.29 is 9.59 Å². The molecule has 1 atom stereocenters. The molecule has 1 unspecified atom stereocenters. The molecule has 0 aliphatic carbocycles. The van der Waals surface area contributed by atoms with E-state index >= 15 is 0 Å². The highest BCUT2D eigenvalue weighted by Gasteiger charge is 2.24. The van der Waals surface area contributed by atoms with Crippen LogP contribution in [0.1, 0.15) is 12.8 Å². The molecule has 2 aromatic rings. The van der Waals surface area contributed by atoms with E-state index in [9.17, 15) is 9.59 Å². The first-order valence-corrected chi connectivity index (χ1v) is 6.63. The average Bonchev–Trinajstić information content (AvgIpc) is 3.02. The van der Waals surface area contributed by atoms with E-state index in [-0.39, 0.29) is 17.7 Å². The number of carbonyl (C=O) groups is 2. The molecule has 21 heavy (non-hydrogen) atoms. The van der Waals surface area contributed by atoms with Crippen LogP contribution in [0.2, 0.25) is 0 Å². The summed E-state index contributed by atoms with van der Waals surface area (Å²) in [6.45, 7) is 0.386. The lowest BCUT2D eigenvalue weighted by Gasteiger charge is -2.21. The van der Waals surface area contributed by atoms with Crippen LogP contribution in [0.4, 0.5) is 5.69 Å². The summed E-state index contributed by atoms with van der Waals surface area (Å²) < 4.78 is 1.51. The van der Waals surface area contributed by atoms with Gasteiger partial charge in [0.2, 0.25) is 11.8 Å². The third-order valence-electron chi connectivity index (χ3n) is 3.36. The zero-order valence-corrected chi connectivity index (χ0v) is 11.2. The van der Waals surface area contributed by atoms with E-state index in [1.54, 1.807) is 12.1 Å². The Labute approximate surface area is 120 Å². The molecule has 1 aliphatic rings. The number of carbonyl (C=O) groups excluding carboxylic acids is 2. The summed E-state index contributed by atoms with van der Waals surface area (Å²) in [6.07, 6.45) is 2.45. The molecule has 0 saturated carbocycles. The Hall–Kier alpha value is -2.77. The molecule has 2 heterocycles. The van der Waals surface area contributed by atoms with E-state index in [1.165, 1.54) is 11.0 Å². The fourth-order valence-corrected chi connectivity index (χ4v) is 2.21. The van der Waals surface area contributed by atoms with Crippen molar-refractivity contribution in [2.75, 3.05) is 11.9 Å². The van der Waals surface area contributed by atoms with Crippen LogP contribution in [0.3, 0.4) is 0 Å². The lowest BCUT2D eigenvalue weighted by Crippen LogP contribution is -2.40. The van der Waals surface area contributed by atoms with Gasteiger partial charge in [-0.05, 0) is 35.0 Å². The first-order chi connectivity index (χ1) is 10.2. The molecule has 0 bridgehead atoms. The Kier molecular flexibility index (Phi) is 3.59. The van der Waals surface area contributed by atoms with Gasteiger partial charge in [-0.1, -0.05) is 6.07 Å². The molecule has 3 rings (SSSR count). The Morgan fingerprint density at radius 3 is 3.05 bits per heavy atom. The number of tetrazole rings is 1. The Morgan fingerprint density at radius 2 is 2.33 bits per heavy atom. The number of nitrogens with one attached hydrogen (secondary N) is 2. The lowest BCUT2D eigenvalue weighted by atomic mass is 9.98. The highest BCUT2D eigenvalue weighted by molar-refractivity contribution is 5.94. The van der Waals surface area contributed by atoms with Gasteiger partial charge in [-0.2, -0.15) is 0 Å². The molecule has 8 nitrogen and oxygen atoms in total. The third kappa shape index (κ3) is 3.04. The van der Waals surface area contributed by atoms with Crippen LogP contribution in [0.5, 0.6) is 0 Å². The monoisotopic (exact) mass is 286 g/mol. The molecule has 108 valence electrons. The Morgan fingerprint density at radius 1 is 1.43 bits per heavy atom. The van der Waals surface area contributed by atoms with Crippen LogP contribution >= 0.6 is 0 Å². The van der Waals surface area contributed by atoms with Gasteiger partial charge in [0.05, 0.1) is 11.6 Å². The lowest BCUT2D eigenvalue weighted by molar-refractivity contribution is -0.126. The second kappa shape index (κ2) is 5.70. The molecule has 1 saturated heterocycles. The third-order valence-corrected chi connectivity index (χ3v) is 3.36. The van der Waals surface area contributed by atoms with Crippen molar-refractivity contribution in [2.24, 2.45) is 5.92 Å². The van der Waals surface area contributed by atoms with Gasteiger partial charge in [0.15, 0.2) is 0 Å². The van der Waals surface area contributed by atoms with Crippen LogP contribution in [0.25, 0.3) is 5.69 Å². The smallest absolute Gasteiger partial charge is 0.229 e. The first kappa shape index (κ1) is 13.2. The molecule has 1 aliphatic heterocycles. The predicted molar refractivity (Wildman–Crippen MR) is 73.5 cm³/mol. The summed E-state index contributed by atoms with van der Waals surface area (Å²) in [7, 11) is 0. The van der Waals surface area contributed by atoms with Gasteiger partial charge in [-0.15, -0.1) is 5.10 Å². The molecule has 1 aromatic heterocycles. The summed E-state index contributed by atoms with van der Waals surface area (Å²) >= 11 is 0. The molecule has 2 amide bonds. The Balaban J connectivity index is 1.69. The zero-order valence-electron chi connectivity index (χ0n) is 11.2. The SMILES string of the molecule is O=C1CCC(C(=O)Nc2cccc(-n3cnnn3)c2)CN1. The molecule has 8 heteroatoms. The highest BCUT2D eigenvalue weighted by Crippen LogP contribution is 2.17. The van der Waals surface area contributed by atoms with Crippen LogP contribution in [-0.4, -0.2) is 38.6 Å². The van der Waals surface area contributed by atoms with E-state index in [2.05, 4.69) is 26.2 Å². The summed E-state index contributed by atoms with van der Waals surface area (Å²) in [5, 5.41) is 16.5. The fourth-order valence-electron chi connectivity index (χ4n) is 2.21. The molecule has 1 aromatic carbocycles. The van der Waals surface area contributed by atoms with Gasteiger partial charge in [0.25, 0.3) is 0 Å². The number of hydrogen-bond acceptors (Lipinski definition) is 5. The number of hydrogen-bond donors (Lipinski definition) is 2. The largest absolute Gasteiger partial charge is 0.355 e. The van der Waals surface area contributed by atoms with Crippen molar-refractivity contribution in [2.45, 2.75) is 12.8 Å². The number of nitrogens with zero attached hydrogens (tertiary/aromatic N) is 4. The van der Waals surface area contributed by atoms with Crippen molar-refractivity contribution >= 4 is 17.5 Å². The molecule has 2 N–H and O–H groups in total. The number of piperidine rings is 1. The maximum Gasteiger partial charge on any atom is 0.229 e. The first-order valence-electron chi connectivity index (χ1n) is 6.63. The van der Waals surface area contributed by atoms with Crippen molar-refractivity contribution in [3.05, 3.63) is 30.6 Å². The summed E-state index contributed by atoms with van der Waals surface area (Å²) in [6, 6.07) is 7.24. The maximum absolute atomic E-state index is 12.2. The van der Waals surface area contributed by atoms with Gasteiger partial charge in [-0.25, -0.2) is 4.68 Å². The second-order valence-electron chi connectivity index (χ2n) is 4.83. The van der Waals surface area contributed by atoms with Gasteiger partial charge >= 0.3 is 0 Å². The van der Waals surface area contributed by atoms with E-state index in [4.69, 9.17) is 0 Å². The standard InChI is InChI=1S/C13H14N6O2/c20-12-5-4-9(7-14-12)13(21)16-10-2-1-3-11(6-10)19-8-15-17-18-19/h1-3,6,8-9H,4-5,7H2,(H,14,20)(H,16,21). The number of rotatable bonds is 3. The Bertz CT molecular complexity index is 644. The minimum atomic E-state index is -0.195. The van der Waals surface area contributed by atoms with Crippen LogP contribution in [0, 0.1) is 5.92 Å². The van der Waals surface area contributed by atoms with Gasteiger partial charge in [0.1, 0.15) is 6.33 Å². The normalized spacial score (nSPS) is 18.1. The number of aromatic nitrogens is 4. The van der Waals surface area contributed by atoms with Crippen molar-refractivity contribution in [1.29, 1.82) is 0 Å². The van der Waals surface area contributed by atoms with Crippen LogP contribution < -0.4 is 10.6 Å². The molecule has 0 spiro atoms. The second-order valence-corrected chi connectivity index (χ2v) is 4.83. The molecule has 1 fully saturated rings. The van der Waals surface area contributed by atoms with Crippen LogP contribution in [0.15, 0.2) is 30.6 Å². The van der Waals surface area contributed by atoms with Gasteiger partial charge in [0, 0.05) is 18.7 Å². The number of benzene rings is 1. The van der Waals surface area contributed by atoms with E-state index in [0.29, 0.717) is 25.1 Å². The summed E-state index contributed by atoms with van der Waals surface area (Å²) in [4.78, 5) is 23.3. The fraction of sp³-hybridized carbons (Fsp3) is 0.308. The van der Waals surface area contributed by atoms with Crippen molar-refractivity contribution in [3.63, 3.8) is 0 Å². The van der Waals surface area contributed by atoms with Gasteiger partial charge < -0.3 is 10.6 Å². The quantitative estimate of drug-likeness (QED) is 0.835. The van der Waals surface area contributed by atoms with E-state index in [1.807, 2.05) is 12.1 Å². The highest BCUT2D eigenvalue weighted by atomic mass is 16.2. The van der Waals surface area contributed by atoms with Gasteiger partial charge in [-0.3, -0.25) is 9.59 Å².